The summed E-state index contributed by atoms with van der Waals surface area (Å²) in [7, 11) is 0. The predicted octanol–water partition coefficient (Wildman–Crippen LogP) is 2.41. The van der Waals surface area contributed by atoms with Crippen LogP contribution in [0.15, 0.2) is 0 Å². The Kier molecular flexibility index (Phi) is 1.92. The maximum Gasteiger partial charge on any atom is 0.0116 e. The Hall–Kier alpha value is -0.0400. The second kappa shape index (κ2) is 2.78. The third-order valence-electron chi connectivity index (χ3n) is 3.31. The molecule has 3 rings (SSSR count). The first-order chi connectivity index (χ1) is 5.29. The fraction of sp³-hybridized carbons (Fsp3) is 1.00. The van der Waals surface area contributed by atoms with Crippen LogP contribution in [0.3, 0.4) is 0 Å². The van der Waals surface area contributed by atoms with Crippen LogP contribution in [-0.2, 0) is 0 Å². The maximum absolute atomic E-state index is 2.73. The van der Waals surface area contributed by atoms with Crippen LogP contribution in [0.1, 0.15) is 46.0 Å². The van der Waals surface area contributed by atoms with E-state index in [2.05, 4.69) is 18.7 Å². The van der Waals surface area contributed by atoms with E-state index in [9.17, 15) is 0 Å². The van der Waals surface area contributed by atoms with E-state index < -0.39 is 0 Å². The summed E-state index contributed by atoms with van der Waals surface area (Å²) in [6.07, 6.45) is 7.39. The van der Waals surface area contributed by atoms with Gasteiger partial charge in [0.2, 0.25) is 0 Å². The summed E-state index contributed by atoms with van der Waals surface area (Å²) in [6, 6.07) is 2.71. The van der Waals surface area contributed by atoms with Gasteiger partial charge in [-0.1, -0.05) is 12.8 Å². The first kappa shape index (κ1) is 7.60. The molecule has 1 heteroatoms. The monoisotopic (exact) mass is 153 g/mol. The van der Waals surface area contributed by atoms with Gasteiger partial charge in [-0.15, -0.1) is 0 Å². The van der Waals surface area contributed by atoms with Crippen molar-refractivity contribution in [1.29, 1.82) is 0 Å². The average molecular weight is 153 g/mol. The van der Waals surface area contributed by atoms with Crippen molar-refractivity contribution >= 4 is 0 Å². The summed E-state index contributed by atoms with van der Waals surface area (Å²) in [4.78, 5) is 2.73. The summed E-state index contributed by atoms with van der Waals surface area (Å²) in [5, 5.41) is 0. The Bertz CT molecular complexity index is 126. The molecule has 3 aliphatic rings. The molecule has 0 N–H and O–H groups in total. The van der Waals surface area contributed by atoms with Gasteiger partial charge in [0.1, 0.15) is 0 Å². The average Bonchev–Trinajstić information content (AvgIpc) is 2.15. The van der Waals surface area contributed by atoms with E-state index in [0.29, 0.717) is 0 Å². The molecule has 2 saturated heterocycles. The van der Waals surface area contributed by atoms with Crippen LogP contribution in [-0.4, -0.2) is 23.0 Å². The highest BCUT2D eigenvalue weighted by Gasteiger charge is 2.40. The van der Waals surface area contributed by atoms with E-state index in [1.807, 2.05) is 0 Å². The Morgan fingerprint density at radius 3 is 2.09 bits per heavy atom. The molecule has 1 nitrogen and oxygen atoms in total. The van der Waals surface area contributed by atoms with E-state index >= 15 is 0 Å². The number of rotatable bonds is 1. The van der Waals surface area contributed by atoms with Gasteiger partial charge in [-0.2, -0.15) is 0 Å². The van der Waals surface area contributed by atoms with Crippen molar-refractivity contribution < 1.29 is 0 Å². The van der Waals surface area contributed by atoms with Crippen molar-refractivity contribution in [3.05, 3.63) is 0 Å². The molecule has 3 fully saturated rings. The lowest BCUT2D eigenvalue weighted by Gasteiger charge is -2.50. The van der Waals surface area contributed by atoms with Crippen molar-refractivity contribution in [3.63, 3.8) is 0 Å². The molecular weight excluding hydrogens is 134 g/mol. The SMILES string of the molecule is CC(C)N1C2CCCCC1C2. The fourth-order valence-corrected chi connectivity index (χ4v) is 2.85. The zero-order chi connectivity index (χ0) is 7.84. The first-order valence-electron chi connectivity index (χ1n) is 5.06. The topological polar surface area (TPSA) is 3.24 Å². The van der Waals surface area contributed by atoms with Crippen LogP contribution in [0.4, 0.5) is 0 Å². The first-order valence-corrected chi connectivity index (χ1v) is 5.06. The highest BCUT2D eigenvalue weighted by Crippen LogP contribution is 2.37. The van der Waals surface area contributed by atoms with Crippen LogP contribution in [0, 0.1) is 0 Å². The van der Waals surface area contributed by atoms with E-state index in [1.165, 1.54) is 32.1 Å². The molecule has 0 aromatic carbocycles. The third kappa shape index (κ3) is 1.20. The largest absolute Gasteiger partial charge is 0.295 e. The summed E-state index contributed by atoms with van der Waals surface area (Å²) in [5.74, 6) is 0. The Balaban J connectivity index is 2.01. The predicted molar refractivity (Wildman–Crippen MR) is 47.6 cm³/mol. The zero-order valence-electron chi connectivity index (χ0n) is 7.71. The summed E-state index contributed by atoms with van der Waals surface area (Å²) in [5.41, 5.74) is 0. The molecule has 1 saturated carbocycles. The van der Waals surface area contributed by atoms with Gasteiger partial charge in [0.15, 0.2) is 0 Å². The van der Waals surface area contributed by atoms with Crippen LogP contribution in [0.2, 0.25) is 0 Å². The fourth-order valence-electron chi connectivity index (χ4n) is 2.85. The normalized spacial score (nSPS) is 38.5. The summed E-state index contributed by atoms with van der Waals surface area (Å²) < 4.78 is 0. The van der Waals surface area contributed by atoms with E-state index in [4.69, 9.17) is 0 Å². The molecule has 0 spiro atoms. The number of hydrogen-bond donors (Lipinski definition) is 0. The second-order valence-corrected chi connectivity index (χ2v) is 4.37. The lowest BCUT2D eigenvalue weighted by atomic mass is 9.90. The molecule has 2 aliphatic heterocycles. The molecule has 11 heavy (non-hydrogen) atoms. The minimum Gasteiger partial charge on any atom is -0.295 e. The van der Waals surface area contributed by atoms with Gasteiger partial charge < -0.3 is 0 Å². The van der Waals surface area contributed by atoms with Crippen molar-refractivity contribution in [2.24, 2.45) is 0 Å². The molecule has 64 valence electrons. The van der Waals surface area contributed by atoms with Crippen LogP contribution in [0.5, 0.6) is 0 Å². The van der Waals surface area contributed by atoms with Crippen LogP contribution >= 0.6 is 0 Å². The smallest absolute Gasteiger partial charge is 0.0116 e. The number of fused-ring (bicyclic) bond motifs is 3. The van der Waals surface area contributed by atoms with E-state index in [1.54, 1.807) is 0 Å². The molecular formula is C10H19N. The Morgan fingerprint density at radius 1 is 1.09 bits per heavy atom. The van der Waals surface area contributed by atoms with Gasteiger partial charge >= 0.3 is 0 Å². The van der Waals surface area contributed by atoms with E-state index in [-0.39, 0.29) is 0 Å². The highest BCUT2D eigenvalue weighted by molar-refractivity contribution is 4.96. The van der Waals surface area contributed by atoms with Crippen molar-refractivity contribution in [2.75, 3.05) is 0 Å². The van der Waals surface area contributed by atoms with Gasteiger partial charge in [0.05, 0.1) is 0 Å². The lowest BCUT2D eigenvalue weighted by molar-refractivity contribution is -0.00915. The molecule has 2 bridgehead atoms. The molecule has 0 radical (unpaired) electrons. The molecule has 1 aliphatic carbocycles. The summed E-state index contributed by atoms with van der Waals surface area (Å²) in [6.45, 7) is 4.68. The van der Waals surface area contributed by atoms with Gasteiger partial charge in [-0.25, -0.2) is 0 Å². The standard InChI is InChI=1S/C10H19N/c1-8(2)11-9-5-3-4-6-10(11)7-9/h8-10H,3-7H2,1-2H3. The Labute approximate surface area is 69.8 Å². The van der Waals surface area contributed by atoms with Gasteiger partial charge in [0, 0.05) is 18.1 Å². The van der Waals surface area contributed by atoms with Crippen LogP contribution in [0.25, 0.3) is 0 Å². The molecule has 0 amide bonds. The minimum atomic E-state index is 0.789. The number of nitrogens with zero attached hydrogens (tertiary/aromatic N) is 1. The van der Waals surface area contributed by atoms with E-state index in [0.717, 1.165) is 18.1 Å². The second-order valence-electron chi connectivity index (χ2n) is 4.37. The maximum atomic E-state index is 2.73. The molecule has 0 aromatic heterocycles. The molecule has 0 aromatic rings. The van der Waals surface area contributed by atoms with Gasteiger partial charge in [0.25, 0.3) is 0 Å². The minimum absolute atomic E-state index is 0.789. The van der Waals surface area contributed by atoms with Crippen LogP contribution < -0.4 is 0 Å². The van der Waals surface area contributed by atoms with Crippen molar-refractivity contribution in [2.45, 2.75) is 64.1 Å². The van der Waals surface area contributed by atoms with Crippen molar-refractivity contribution in [1.82, 2.24) is 4.90 Å². The van der Waals surface area contributed by atoms with Gasteiger partial charge in [-0.3, -0.25) is 4.90 Å². The lowest BCUT2D eigenvalue weighted by Crippen LogP contribution is -2.57. The molecule has 2 atom stereocenters. The van der Waals surface area contributed by atoms with Crippen molar-refractivity contribution in [3.8, 4) is 0 Å². The number of hydrogen-bond acceptors (Lipinski definition) is 1. The van der Waals surface area contributed by atoms with Gasteiger partial charge in [-0.05, 0) is 33.1 Å². The Morgan fingerprint density at radius 2 is 1.64 bits per heavy atom. The zero-order valence-corrected chi connectivity index (χ0v) is 7.71. The molecule has 2 unspecified atom stereocenters. The highest BCUT2D eigenvalue weighted by atomic mass is 15.3. The quantitative estimate of drug-likeness (QED) is 0.559. The third-order valence-corrected chi connectivity index (χ3v) is 3.31. The summed E-state index contributed by atoms with van der Waals surface area (Å²) >= 11 is 0. The molecule has 2 heterocycles.